The number of benzene rings is 2. The third-order valence-corrected chi connectivity index (χ3v) is 4.40. The molecule has 6 heteroatoms. The standard InChI is InChI=1S/C14H13ClN2O2S/c1-9-12(16)3-2-4-14(9)20-8-10-5-6-11(15)7-13(10)17(18)19/h2-7H,8,16H2,1H3. The molecule has 0 bridgehead atoms. The van der Waals surface area contributed by atoms with E-state index >= 15 is 0 Å². The van der Waals surface area contributed by atoms with Crippen molar-refractivity contribution >= 4 is 34.7 Å². The first-order valence-corrected chi connectivity index (χ1v) is 7.26. The maximum absolute atomic E-state index is 11.0. The Morgan fingerprint density at radius 2 is 2.10 bits per heavy atom. The second-order valence-corrected chi connectivity index (χ2v) is 5.74. The van der Waals surface area contributed by atoms with Crippen molar-refractivity contribution in [2.24, 2.45) is 0 Å². The molecule has 0 atom stereocenters. The summed E-state index contributed by atoms with van der Waals surface area (Å²) in [5.41, 5.74) is 8.26. The smallest absolute Gasteiger partial charge is 0.274 e. The summed E-state index contributed by atoms with van der Waals surface area (Å²) in [5, 5.41) is 11.4. The Hall–Kier alpha value is -1.72. The highest BCUT2D eigenvalue weighted by Crippen LogP contribution is 2.32. The average molecular weight is 309 g/mol. The van der Waals surface area contributed by atoms with E-state index in [4.69, 9.17) is 17.3 Å². The third kappa shape index (κ3) is 3.23. The minimum atomic E-state index is -0.409. The molecule has 2 rings (SSSR count). The largest absolute Gasteiger partial charge is 0.398 e. The number of nitrogens with two attached hydrogens (primary N) is 1. The highest BCUT2D eigenvalue weighted by molar-refractivity contribution is 7.98. The molecule has 0 radical (unpaired) electrons. The molecule has 0 spiro atoms. The fraction of sp³-hybridized carbons (Fsp3) is 0.143. The summed E-state index contributed by atoms with van der Waals surface area (Å²) in [5.74, 6) is 0.498. The van der Waals surface area contributed by atoms with Crippen LogP contribution in [0.3, 0.4) is 0 Å². The Morgan fingerprint density at radius 3 is 2.80 bits per heavy atom. The first-order valence-electron chi connectivity index (χ1n) is 5.89. The van der Waals surface area contributed by atoms with E-state index in [0.717, 1.165) is 16.1 Å². The molecule has 0 aliphatic heterocycles. The minimum absolute atomic E-state index is 0.0477. The van der Waals surface area contributed by atoms with Gasteiger partial charge in [-0.05, 0) is 36.8 Å². The van der Waals surface area contributed by atoms with Gasteiger partial charge in [-0.2, -0.15) is 0 Å². The molecule has 0 saturated carbocycles. The molecule has 20 heavy (non-hydrogen) atoms. The average Bonchev–Trinajstić information content (AvgIpc) is 2.41. The van der Waals surface area contributed by atoms with Crippen LogP contribution in [0.15, 0.2) is 41.3 Å². The predicted octanol–water partition coefficient (Wildman–Crippen LogP) is 4.43. The molecule has 4 nitrogen and oxygen atoms in total. The van der Waals surface area contributed by atoms with E-state index in [-0.39, 0.29) is 5.69 Å². The Bertz CT molecular complexity index is 662. The maximum atomic E-state index is 11.0. The van der Waals surface area contributed by atoms with Gasteiger partial charge in [-0.3, -0.25) is 10.1 Å². The number of halogens is 1. The second-order valence-electron chi connectivity index (χ2n) is 4.29. The first kappa shape index (κ1) is 14.7. The van der Waals surface area contributed by atoms with E-state index in [1.54, 1.807) is 12.1 Å². The zero-order valence-electron chi connectivity index (χ0n) is 10.8. The van der Waals surface area contributed by atoms with E-state index < -0.39 is 4.92 Å². The number of nitrogen functional groups attached to an aromatic ring is 1. The molecule has 0 aromatic heterocycles. The summed E-state index contributed by atoms with van der Waals surface area (Å²) >= 11 is 7.32. The quantitative estimate of drug-likeness (QED) is 0.392. The summed E-state index contributed by atoms with van der Waals surface area (Å²) < 4.78 is 0. The van der Waals surface area contributed by atoms with Crippen LogP contribution in [0.4, 0.5) is 11.4 Å². The van der Waals surface area contributed by atoms with E-state index in [9.17, 15) is 10.1 Å². The van der Waals surface area contributed by atoms with Crippen LogP contribution in [0.25, 0.3) is 0 Å². The molecule has 0 heterocycles. The summed E-state index contributed by atoms with van der Waals surface area (Å²) in [6.07, 6.45) is 0. The fourth-order valence-corrected chi connectivity index (χ4v) is 3.00. The first-order chi connectivity index (χ1) is 9.49. The van der Waals surface area contributed by atoms with Gasteiger partial charge in [0.15, 0.2) is 0 Å². The van der Waals surface area contributed by atoms with Crippen LogP contribution >= 0.6 is 23.4 Å². The Labute approximate surface area is 126 Å². The lowest BCUT2D eigenvalue weighted by Crippen LogP contribution is -1.95. The van der Waals surface area contributed by atoms with Crippen LogP contribution in [-0.4, -0.2) is 4.92 Å². The number of nitrogens with zero attached hydrogens (tertiary/aromatic N) is 1. The van der Waals surface area contributed by atoms with Crippen LogP contribution in [0.5, 0.6) is 0 Å². The lowest BCUT2D eigenvalue weighted by molar-refractivity contribution is -0.385. The lowest BCUT2D eigenvalue weighted by Gasteiger charge is -2.08. The number of nitro benzene ring substituents is 1. The number of anilines is 1. The normalized spacial score (nSPS) is 10.5. The molecule has 0 fully saturated rings. The summed E-state index contributed by atoms with van der Waals surface area (Å²) in [7, 11) is 0. The number of thioether (sulfide) groups is 1. The molecule has 2 aromatic carbocycles. The van der Waals surface area contributed by atoms with Gasteiger partial charge in [0.1, 0.15) is 0 Å². The van der Waals surface area contributed by atoms with Crippen molar-refractivity contribution in [3.8, 4) is 0 Å². The molecule has 0 saturated heterocycles. The van der Waals surface area contributed by atoms with Crippen LogP contribution in [0.1, 0.15) is 11.1 Å². The second kappa shape index (κ2) is 6.15. The molecule has 2 N–H and O–H groups in total. The zero-order chi connectivity index (χ0) is 14.7. The van der Waals surface area contributed by atoms with Crippen molar-refractivity contribution in [3.63, 3.8) is 0 Å². The molecule has 104 valence electrons. The molecule has 0 amide bonds. The van der Waals surface area contributed by atoms with Gasteiger partial charge in [0.2, 0.25) is 0 Å². The van der Waals surface area contributed by atoms with Gasteiger partial charge in [0.05, 0.1) is 4.92 Å². The Kier molecular flexibility index (Phi) is 4.52. The SMILES string of the molecule is Cc1c(N)cccc1SCc1ccc(Cl)cc1[N+](=O)[O-]. The van der Waals surface area contributed by atoms with Crippen LogP contribution in [0.2, 0.25) is 5.02 Å². The number of rotatable bonds is 4. The van der Waals surface area contributed by atoms with Gasteiger partial charge in [-0.1, -0.05) is 17.7 Å². The van der Waals surface area contributed by atoms with Crippen LogP contribution in [0, 0.1) is 17.0 Å². The number of nitro groups is 1. The summed E-state index contributed by atoms with van der Waals surface area (Å²) in [6, 6.07) is 10.4. The molecular formula is C14H13ClN2O2S. The van der Waals surface area contributed by atoms with Crippen LogP contribution in [-0.2, 0) is 5.75 Å². The van der Waals surface area contributed by atoms with Gasteiger partial charge >= 0.3 is 0 Å². The molecular weight excluding hydrogens is 296 g/mol. The lowest BCUT2D eigenvalue weighted by atomic mass is 10.2. The van der Waals surface area contributed by atoms with Gasteiger partial charge < -0.3 is 5.73 Å². The molecule has 0 aliphatic carbocycles. The van der Waals surface area contributed by atoms with Crippen molar-refractivity contribution in [2.45, 2.75) is 17.6 Å². The van der Waals surface area contributed by atoms with E-state index in [0.29, 0.717) is 16.3 Å². The van der Waals surface area contributed by atoms with Gasteiger partial charge in [-0.15, -0.1) is 11.8 Å². The van der Waals surface area contributed by atoms with E-state index in [1.807, 2.05) is 25.1 Å². The summed E-state index contributed by atoms with van der Waals surface area (Å²) in [6.45, 7) is 1.94. The van der Waals surface area contributed by atoms with Crippen molar-refractivity contribution in [2.75, 3.05) is 5.73 Å². The predicted molar refractivity (Wildman–Crippen MR) is 83.3 cm³/mol. The highest BCUT2D eigenvalue weighted by atomic mass is 35.5. The van der Waals surface area contributed by atoms with Gasteiger partial charge in [0.25, 0.3) is 5.69 Å². The third-order valence-electron chi connectivity index (χ3n) is 2.95. The van der Waals surface area contributed by atoms with Crippen molar-refractivity contribution in [1.82, 2.24) is 0 Å². The van der Waals surface area contributed by atoms with Crippen molar-refractivity contribution in [1.29, 1.82) is 0 Å². The monoisotopic (exact) mass is 308 g/mol. The Balaban J connectivity index is 2.23. The number of hydrogen-bond donors (Lipinski definition) is 1. The van der Waals surface area contributed by atoms with Gasteiger partial charge in [0, 0.05) is 33.0 Å². The van der Waals surface area contributed by atoms with Crippen LogP contribution < -0.4 is 5.73 Å². The highest BCUT2D eigenvalue weighted by Gasteiger charge is 2.14. The number of hydrogen-bond acceptors (Lipinski definition) is 4. The molecule has 0 unspecified atom stereocenters. The molecule has 2 aromatic rings. The zero-order valence-corrected chi connectivity index (χ0v) is 12.4. The van der Waals surface area contributed by atoms with Crippen molar-refractivity contribution in [3.05, 3.63) is 62.7 Å². The fourth-order valence-electron chi connectivity index (χ4n) is 1.77. The topological polar surface area (TPSA) is 69.2 Å². The van der Waals surface area contributed by atoms with Crippen molar-refractivity contribution < 1.29 is 4.92 Å². The van der Waals surface area contributed by atoms with E-state index in [1.165, 1.54) is 17.8 Å². The summed E-state index contributed by atoms with van der Waals surface area (Å²) in [4.78, 5) is 11.6. The minimum Gasteiger partial charge on any atom is -0.398 e. The molecule has 0 aliphatic rings. The van der Waals surface area contributed by atoms with Gasteiger partial charge in [-0.25, -0.2) is 0 Å². The Morgan fingerprint density at radius 1 is 1.35 bits per heavy atom. The van der Waals surface area contributed by atoms with E-state index in [2.05, 4.69) is 0 Å². The maximum Gasteiger partial charge on any atom is 0.274 e.